The monoisotopic (exact) mass is 384 g/mol. The van der Waals surface area contributed by atoms with E-state index in [1.54, 1.807) is 23.2 Å². The average Bonchev–Trinajstić information content (AvgIpc) is 2.71. The number of aromatic nitrogens is 3. The molecule has 1 aliphatic heterocycles. The highest BCUT2D eigenvalue weighted by molar-refractivity contribution is 5.93. The zero-order valence-corrected chi connectivity index (χ0v) is 15.8. The summed E-state index contributed by atoms with van der Waals surface area (Å²) in [5, 5.41) is 3.30. The number of anilines is 2. The number of piperidine rings is 1. The average molecular weight is 384 g/mol. The van der Waals surface area contributed by atoms with E-state index in [4.69, 9.17) is 5.73 Å². The van der Waals surface area contributed by atoms with Gasteiger partial charge < -0.3 is 11.1 Å². The largest absolute Gasteiger partial charge is 0.351 e. The predicted molar refractivity (Wildman–Crippen MR) is 105 cm³/mol. The Morgan fingerprint density at radius 2 is 2.00 bits per heavy atom. The minimum absolute atomic E-state index is 0.0527. The molecule has 1 amide bonds. The molecule has 0 aromatic carbocycles. The highest BCUT2D eigenvalue weighted by Crippen LogP contribution is 2.27. The first kappa shape index (κ1) is 18.7. The van der Waals surface area contributed by atoms with Gasteiger partial charge in [-0.25, -0.2) is 19.3 Å². The Morgan fingerprint density at radius 3 is 2.79 bits per heavy atom. The van der Waals surface area contributed by atoms with Gasteiger partial charge in [-0.15, -0.1) is 0 Å². The fourth-order valence-electron chi connectivity index (χ4n) is 3.85. The molecule has 1 saturated heterocycles. The third-order valence-corrected chi connectivity index (χ3v) is 5.47. The van der Waals surface area contributed by atoms with E-state index in [-0.39, 0.29) is 23.7 Å². The number of carbonyl (C=O) groups excluding carboxylic acids is 1. The van der Waals surface area contributed by atoms with E-state index >= 15 is 0 Å². The summed E-state index contributed by atoms with van der Waals surface area (Å²) in [5.74, 6) is 0.496. The molecule has 2 fully saturated rings. The number of hydrogen-bond donors (Lipinski definition) is 2. The Labute approximate surface area is 163 Å². The molecule has 2 aromatic rings. The normalized spacial score (nSPS) is 22.9. The Hall–Kier alpha value is -2.61. The lowest BCUT2D eigenvalue weighted by Crippen LogP contribution is -2.35. The van der Waals surface area contributed by atoms with Crippen molar-refractivity contribution in [3.05, 3.63) is 30.3 Å². The fourth-order valence-corrected chi connectivity index (χ4v) is 3.85. The van der Waals surface area contributed by atoms with Crippen LogP contribution in [0.25, 0.3) is 11.3 Å². The first-order chi connectivity index (χ1) is 13.6. The highest BCUT2D eigenvalue weighted by Gasteiger charge is 2.22. The Bertz CT molecular complexity index is 852. The molecule has 0 spiro atoms. The zero-order valence-electron chi connectivity index (χ0n) is 15.8. The second kappa shape index (κ2) is 8.18. The van der Waals surface area contributed by atoms with E-state index in [1.807, 2.05) is 0 Å². The summed E-state index contributed by atoms with van der Waals surface area (Å²) in [6.45, 7) is 0.637. The lowest BCUT2D eigenvalue weighted by molar-refractivity contribution is -0.119. The summed E-state index contributed by atoms with van der Waals surface area (Å²) in [6, 6.07) is 3.93. The Kier molecular flexibility index (Phi) is 5.47. The van der Waals surface area contributed by atoms with Crippen molar-refractivity contribution in [3.8, 4) is 11.3 Å². The fraction of sp³-hybridized carbons (Fsp3) is 0.500. The van der Waals surface area contributed by atoms with Gasteiger partial charge in [0.15, 0.2) is 5.82 Å². The van der Waals surface area contributed by atoms with Crippen molar-refractivity contribution in [1.29, 1.82) is 0 Å². The van der Waals surface area contributed by atoms with Crippen LogP contribution in [-0.4, -0.2) is 39.5 Å². The van der Waals surface area contributed by atoms with Crippen LogP contribution in [0.5, 0.6) is 0 Å². The van der Waals surface area contributed by atoms with Gasteiger partial charge in [-0.05, 0) is 50.7 Å². The van der Waals surface area contributed by atoms with Gasteiger partial charge in [0.05, 0.1) is 6.20 Å². The van der Waals surface area contributed by atoms with Crippen LogP contribution in [0.4, 0.5) is 16.2 Å². The number of halogens is 1. The predicted octanol–water partition coefficient (Wildman–Crippen LogP) is 2.88. The number of rotatable bonds is 4. The molecule has 148 valence electrons. The Morgan fingerprint density at radius 1 is 1.18 bits per heavy atom. The first-order valence-electron chi connectivity index (χ1n) is 9.91. The lowest BCUT2D eigenvalue weighted by atomic mass is 9.92. The summed E-state index contributed by atoms with van der Waals surface area (Å²) in [4.78, 5) is 26.6. The minimum atomic E-state index is -0.502. The first-order valence-corrected chi connectivity index (χ1v) is 9.91. The lowest BCUT2D eigenvalue weighted by Gasteiger charge is -2.27. The van der Waals surface area contributed by atoms with Crippen LogP contribution in [0.15, 0.2) is 24.5 Å². The van der Waals surface area contributed by atoms with Gasteiger partial charge in [0.25, 0.3) is 0 Å². The van der Waals surface area contributed by atoms with Crippen LogP contribution >= 0.6 is 0 Å². The van der Waals surface area contributed by atoms with Gasteiger partial charge >= 0.3 is 0 Å². The number of pyridine rings is 1. The van der Waals surface area contributed by atoms with Gasteiger partial charge in [0.1, 0.15) is 11.5 Å². The minimum Gasteiger partial charge on any atom is -0.351 e. The van der Waals surface area contributed by atoms with Crippen molar-refractivity contribution in [2.24, 2.45) is 5.73 Å². The zero-order chi connectivity index (χ0) is 19.5. The van der Waals surface area contributed by atoms with Gasteiger partial charge in [0, 0.05) is 36.8 Å². The maximum Gasteiger partial charge on any atom is 0.228 e. The van der Waals surface area contributed by atoms with Crippen molar-refractivity contribution in [2.45, 2.75) is 57.0 Å². The maximum atomic E-state index is 14.5. The standard InChI is InChI=1S/C20H25FN6O/c21-16-12-24-20(25-15-6-4-14(22)5-7-15)26-19(16)13-8-9-23-17(11-13)27-10-2-1-3-18(27)28/h8-9,11-12,14-15H,1-7,10,22H2,(H,24,25,26). The van der Waals surface area contributed by atoms with Gasteiger partial charge in [-0.2, -0.15) is 0 Å². The van der Waals surface area contributed by atoms with E-state index in [9.17, 15) is 9.18 Å². The number of carbonyl (C=O) groups is 1. The molecule has 3 N–H and O–H groups in total. The summed E-state index contributed by atoms with van der Waals surface area (Å²) < 4.78 is 14.5. The van der Waals surface area contributed by atoms with Crippen LogP contribution in [0.3, 0.4) is 0 Å². The molecular weight excluding hydrogens is 359 g/mol. The molecule has 1 saturated carbocycles. The molecule has 0 radical (unpaired) electrons. The number of nitrogens with two attached hydrogens (primary N) is 1. The van der Waals surface area contributed by atoms with Crippen molar-refractivity contribution in [3.63, 3.8) is 0 Å². The molecule has 3 heterocycles. The Balaban J connectivity index is 1.56. The number of nitrogens with zero attached hydrogens (tertiary/aromatic N) is 4. The molecule has 7 nitrogen and oxygen atoms in total. The van der Waals surface area contributed by atoms with Crippen LogP contribution in [-0.2, 0) is 4.79 Å². The van der Waals surface area contributed by atoms with E-state index in [2.05, 4.69) is 20.3 Å². The van der Waals surface area contributed by atoms with Gasteiger partial charge in [-0.3, -0.25) is 9.69 Å². The van der Waals surface area contributed by atoms with Crippen molar-refractivity contribution in [2.75, 3.05) is 16.8 Å². The summed E-state index contributed by atoms with van der Waals surface area (Å²) in [6.07, 6.45) is 8.96. The third kappa shape index (κ3) is 4.11. The summed E-state index contributed by atoms with van der Waals surface area (Å²) >= 11 is 0. The van der Waals surface area contributed by atoms with E-state index in [0.29, 0.717) is 30.3 Å². The van der Waals surface area contributed by atoms with E-state index in [1.165, 1.54) is 6.20 Å². The topological polar surface area (TPSA) is 97.0 Å². The van der Waals surface area contributed by atoms with Crippen molar-refractivity contribution >= 4 is 17.7 Å². The van der Waals surface area contributed by atoms with E-state index < -0.39 is 5.82 Å². The van der Waals surface area contributed by atoms with Crippen LogP contribution in [0.2, 0.25) is 0 Å². The van der Waals surface area contributed by atoms with Gasteiger partial charge in [0.2, 0.25) is 11.9 Å². The van der Waals surface area contributed by atoms with Crippen molar-refractivity contribution < 1.29 is 9.18 Å². The van der Waals surface area contributed by atoms with Crippen LogP contribution in [0, 0.1) is 5.82 Å². The second-order valence-corrected chi connectivity index (χ2v) is 7.55. The molecule has 0 atom stereocenters. The second-order valence-electron chi connectivity index (χ2n) is 7.55. The molecule has 2 aromatic heterocycles. The molecule has 2 aliphatic rings. The maximum absolute atomic E-state index is 14.5. The molecule has 0 unspecified atom stereocenters. The molecular formula is C20H25FN6O. The van der Waals surface area contributed by atoms with Gasteiger partial charge in [-0.1, -0.05) is 0 Å². The molecule has 8 heteroatoms. The third-order valence-electron chi connectivity index (χ3n) is 5.47. The number of amides is 1. The van der Waals surface area contributed by atoms with Crippen LogP contribution < -0.4 is 16.0 Å². The molecule has 4 rings (SSSR count). The summed E-state index contributed by atoms with van der Waals surface area (Å²) in [7, 11) is 0. The quantitative estimate of drug-likeness (QED) is 0.841. The van der Waals surface area contributed by atoms with Crippen LogP contribution in [0.1, 0.15) is 44.9 Å². The molecule has 28 heavy (non-hydrogen) atoms. The van der Waals surface area contributed by atoms with Crippen molar-refractivity contribution in [1.82, 2.24) is 15.0 Å². The highest BCUT2D eigenvalue weighted by atomic mass is 19.1. The van der Waals surface area contributed by atoms with E-state index in [0.717, 1.165) is 38.5 Å². The molecule has 1 aliphatic carbocycles. The number of nitrogens with one attached hydrogen (secondary N) is 1. The number of hydrogen-bond acceptors (Lipinski definition) is 6. The molecule has 0 bridgehead atoms. The smallest absolute Gasteiger partial charge is 0.228 e. The summed E-state index contributed by atoms with van der Waals surface area (Å²) in [5.41, 5.74) is 6.74. The SMILES string of the molecule is NC1CCC(Nc2ncc(F)c(-c3ccnc(N4CCCCC4=O)c3)n2)CC1.